The van der Waals surface area contributed by atoms with Crippen LogP contribution < -0.4 is 4.74 Å². The highest BCUT2D eigenvalue weighted by atomic mass is 16.5. The van der Waals surface area contributed by atoms with Gasteiger partial charge in [-0.05, 0) is 89.8 Å². The van der Waals surface area contributed by atoms with Crippen LogP contribution in [0.15, 0.2) is 146 Å². The Hall–Kier alpha value is -5.40. The van der Waals surface area contributed by atoms with Gasteiger partial charge in [0.15, 0.2) is 0 Å². The van der Waals surface area contributed by atoms with Gasteiger partial charge in [-0.1, -0.05) is 121 Å². The zero-order valence-corrected chi connectivity index (χ0v) is 22.3. The molecule has 0 saturated carbocycles. The summed E-state index contributed by atoms with van der Waals surface area (Å²) >= 11 is 0. The van der Waals surface area contributed by atoms with E-state index in [0.717, 1.165) is 17.1 Å². The lowest BCUT2D eigenvalue weighted by atomic mass is 9.83. The lowest BCUT2D eigenvalue weighted by Gasteiger charge is -2.23. The van der Waals surface area contributed by atoms with Gasteiger partial charge in [-0.25, -0.2) is 0 Å². The van der Waals surface area contributed by atoms with E-state index in [4.69, 9.17) is 4.74 Å². The molecule has 0 aromatic heterocycles. The Bertz CT molecular complexity index is 2280. The van der Waals surface area contributed by atoms with Crippen molar-refractivity contribution in [2.45, 2.75) is 0 Å². The molecule has 8 aromatic carbocycles. The molecular formula is C40H24O. The van der Waals surface area contributed by atoms with Gasteiger partial charge in [0.05, 0.1) is 0 Å². The fourth-order valence-corrected chi connectivity index (χ4v) is 6.90. The van der Waals surface area contributed by atoms with Crippen LogP contribution in [0.3, 0.4) is 0 Å². The van der Waals surface area contributed by atoms with Crippen LogP contribution in [-0.4, -0.2) is 0 Å². The highest BCUT2D eigenvalue weighted by molar-refractivity contribution is 6.24. The third-order valence-electron chi connectivity index (χ3n) is 8.61. The molecule has 1 aliphatic rings. The SMILES string of the molecule is c1ccc2c(c1)Oc1cccc3cc(-c4c5ccccc5c(-c5cccc6ccccc56)c5ccccc45)cc-2c13. The van der Waals surface area contributed by atoms with E-state index in [1.54, 1.807) is 0 Å². The molecule has 0 spiro atoms. The lowest BCUT2D eigenvalue weighted by Crippen LogP contribution is -1.98. The number of rotatable bonds is 2. The van der Waals surface area contributed by atoms with Gasteiger partial charge in [-0.3, -0.25) is 0 Å². The minimum absolute atomic E-state index is 0.908. The van der Waals surface area contributed by atoms with E-state index < -0.39 is 0 Å². The summed E-state index contributed by atoms with van der Waals surface area (Å²) in [5.41, 5.74) is 7.41. The van der Waals surface area contributed by atoms with Crippen LogP contribution in [0.2, 0.25) is 0 Å². The monoisotopic (exact) mass is 520 g/mol. The zero-order chi connectivity index (χ0) is 26.9. The Morgan fingerprint density at radius 3 is 1.66 bits per heavy atom. The fourth-order valence-electron chi connectivity index (χ4n) is 6.90. The Morgan fingerprint density at radius 1 is 0.341 bits per heavy atom. The molecule has 1 aliphatic heterocycles. The standard InChI is InChI=1S/C40H24O/c1-2-14-28-25(11-1)12-9-20-30(28)40-33-18-5-3-16-31(33)38(32-17-4-6-19-34(32)40)27-23-26-13-10-22-37-39(26)35(24-27)29-15-7-8-21-36(29)41-37/h1-24H. The molecule has 1 heteroatoms. The maximum Gasteiger partial charge on any atom is 0.135 e. The van der Waals surface area contributed by atoms with Crippen LogP contribution in [0.25, 0.3) is 76.5 Å². The molecule has 9 rings (SSSR count). The normalized spacial score (nSPS) is 12.1. The number of para-hydroxylation sites is 1. The number of benzene rings is 8. The summed E-state index contributed by atoms with van der Waals surface area (Å²) in [6.45, 7) is 0. The van der Waals surface area contributed by atoms with Crippen LogP contribution in [-0.2, 0) is 0 Å². The first-order valence-electron chi connectivity index (χ1n) is 14.1. The minimum Gasteiger partial charge on any atom is -0.456 e. The molecular weight excluding hydrogens is 496 g/mol. The Morgan fingerprint density at radius 2 is 0.878 bits per heavy atom. The summed E-state index contributed by atoms with van der Waals surface area (Å²) in [4.78, 5) is 0. The molecule has 0 saturated heterocycles. The molecule has 0 atom stereocenters. The van der Waals surface area contributed by atoms with Crippen molar-refractivity contribution in [1.82, 2.24) is 0 Å². The van der Waals surface area contributed by atoms with Gasteiger partial charge >= 0.3 is 0 Å². The first kappa shape index (κ1) is 22.4. The molecule has 0 aliphatic carbocycles. The predicted molar refractivity (Wildman–Crippen MR) is 173 cm³/mol. The predicted octanol–water partition coefficient (Wildman–Crippen LogP) is 11.4. The Kier molecular flexibility index (Phi) is 4.67. The van der Waals surface area contributed by atoms with Gasteiger partial charge < -0.3 is 4.74 Å². The van der Waals surface area contributed by atoms with E-state index in [0.29, 0.717) is 0 Å². The third-order valence-corrected chi connectivity index (χ3v) is 8.61. The van der Waals surface area contributed by atoms with Crippen molar-refractivity contribution < 1.29 is 4.74 Å². The first-order valence-corrected chi connectivity index (χ1v) is 14.1. The smallest absolute Gasteiger partial charge is 0.135 e. The number of hydrogen-bond donors (Lipinski definition) is 0. The first-order chi connectivity index (χ1) is 20.3. The molecule has 0 fully saturated rings. The average Bonchev–Trinajstić information content (AvgIpc) is 3.03. The summed E-state index contributed by atoms with van der Waals surface area (Å²) in [5.74, 6) is 1.83. The second-order valence-electron chi connectivity index (χ2n) is 10.8. The van der Waals surface area contributed by atoms with Gasteiger partial charge in [0, 0.05) is 10.9 Å². The van der Waals surface area contributed by atoms with E-state index in [1.807, 2.05) is 6.07 Å². The van der Waals surface area contributed by atoms with Crippen LogP contribution >= 0.6 is 0 Å². The molecule has 0 N–H and O–H groups in total. The lowest BCUT2D eigenvalue weighted by molar-refractivity contribution is 0.487. The molecule has 0 unspecified atom stereocenters. The molecule has 8 aromatic rings. The zero-order valence-electron chi connectivity index (χ0n) is 22.3. The van der Waals surface area contributed by atoms with Crippen LogP contribution in [0.1, 0.15) is 0 Å². The van der Waals surface area contributed by atoms with Crippen molar-refractivity contribution in [3.05, 3.63) is 146 Å². The highest BCUT2D eigenvalue weighted by Crippen LogP contribution is 2.50. The molecule has 0 bridgehead atoms. The van der Waals surface area contributed by atoms with E-state index in [-0.39, 0.29) is 0 Å². The highest BCUT2D eigenvalue weighted by Gasteiger charge is 2.23. The van der Waals surface area contributed by atoms with E-state index in [9.17, 15) is 0 Å². The topological polar surface area (TPSA) is 9.23 Å². The van der Waals surface area contributed by atoms with Gasteiger partial charge in [-0.15, -0.1) is 0 Å². The Labute approximate surface area is 237 Å². The van der Waals surface area contributed by atoms with Crippen molar-refractivity contribution in [2.24, 2.45) is 0 Å². The summed E-state index contributed by atoms with van der Waals surface area (Å²) in [6, 6.07) is 52.6. The van der Waals surface area contributed by atoms with Crippen LogP contribution in [0.4, 0.5) is 0 Å². The molecule has 190 valence electrons. The minimum atomic E-state index is 0.908. The van der Waals surface area contributed by atoms with Gasteiger partial charge in [0.25, 0.3) is 0 Å². The van der Waals surface area contributed by atoms with Gasteiger partial charge in [0.1, 0.15) is 11.5 Å². The fraction of sp³-hybridized carbons (Fsp3) is 0. The average molecular weight is 521 g/mol. The largest absolute Gasteiger partial charge is 0.456 e. The Balaban J connectivity index is 1.43. The van der Waals surface area contributed by atoms with Crippen molar-refractivity contribution in [1.29, 1.82) is 0 Å². The van der Waals surface area contributed by atoms with Gasteiger partial charge in [-0.2, -0.15) is 0 Å². The second kappa shape index (κ2) is 8.55. The van der Waals surface area contributed by atoms with Crippen molar-refractivity contribution in [2.75, 3.05) is 0 Å². The van der Waals surface area contributed by atoms with Crippen LogP contribution in [0, 0.1) is 0 Å². The van der Waals surface area contributed by atoms with E-state index >= 15 is 0 Å². The van der Waals surface area contributed by atoms with E-state index in [1.165, 1.54) is 70.9 Å². The van der Waals surface area contributed by atoms with Crippen molar-refractivity contribution in [3.63, 3.8) is 0 Å². The molecule has 1 heterocycles. The maximum absolute atomic E-state index is 6.34. The molecule has 0 radical (unpaired) electrons. The number of ether oxygens (including phenoxy) is 1. The second-order valence-corrected chi connectivity index (χ2v) is 10.8. The summed E-state index contributed by atoms with van der Waals surface area (Å²) in [5, 5.41) is 9.96. The molecule has 0 amide bonds. The third kappa shape index (κ3) is 3.24. The van der Waals surface area contributed by atoms with E-state index in [2.05, 4.69) is 140 Å². The quantitative estimate of drug-likeness (QED) is 0.206. The molecule has 41 heavy (non-hydrogen) atoms. The number of fused-ring (bicyclic) bond motifs is 5. The summed E-state index contributed by atoms with van der Waals surface area (Å²) < 4.78 is 6.34. The van der Waals surface area contributed by atoms with Crippen molar-refractivity contribution in [3.8, 4) is 44.9 Å². The number of hydrogen-bond acceptors (Lipinski definition) is 1. The molecule has 1 nitrogen and oxygen atoms in total. The summed E-state index contributed by atoms with van der Waals surface area (Å²) in [7, 11) is 0. The van der Waals surface area contributed by atoms with Crippen LogP contribution in [0.5, 0.6) is 11.5 Å². The maximum atomic E-state index is 6.34. The van der Waals surface area contributed by atoms with Gasteiger partial charge in [0.2, 0.25) is 0 Å². The summed E-state index contributed by atoms with van der Waals surface area (Å²) in [6.07, 6.45) is 0. The van der Waals surface area contributed by atoms with Crippen molar-refractivity contribution >= 4 is 43.1 Å².